The van der Waals surface area contributed by atoms with Crippen molar-refractivity contribution in [3.8, 4) is 23.1 Å². The van der Waals surface area contributed by atoms with E-state index in [0.29, 0.717) is 48.7 Å². The summed E-state index contributed by atoms with van der Waals surface area (Å²) < 4.78 is 13.0. The summed E-state index contributed by atoms with van der Waals surface area (Å²) in [6.07, 6.45) is 2.29. The first-order valence-corrected chi connectivity index (χ1v) is 8.60. The first-order valence-electron chi connectivity index (χ1n) is 8.60. The molecular weight excluding hydrogens is 346 g/mol. The summed E-state index contributed by atoms with van der Waals surface area (Å²) in [6.45, 7) is 3.14. The molecule has 138 valence electrons. The van der Waals surface area contributed by atoms with Crippen molar-refractivity contribution in [1.29, 1.82) is 0 Å². The quantitative estimate of drug-likeness (QED) is 0.496. The molecule has 0 bridgehead atoms. The molecule has 0 aliphatic heterocycles. The summed E-state index contributed by atoms with van der Waals surface area (Å²) in [4.78, 5) is 8.55. The average molecular weight is 365 g/mol. The second-order valence-corrected chi connectivity index (χ2v) is 6.07. The van der Waals surface area contributed by atoms with Crippen LogP contribution >= 0.6 is 0 Å². The fraction of sp³-hybridized carbons (Fsp3) is 0.278. The molecule has 0 fully saturated rings. The Morgan fingerprint density at radius 3 is 2.81 bits per heavy atom. The van der Waals surface area contributed by atoms with Crippen LogP contribution in [0.3, 0.4) is 0 Å². The van der Waals surface area contributed by atoms with Gasteiger partial charge in [-0.05, 0) is 31.2 Å². The van der Waals surface area contributed by atoms with Crippen molar-refractivity contribution in [1.82, 2.24) is 35.2 Å². The SMILES string of the molecule is Cc1ccc(-c2nnc(CNCCc3nc(-c4ccccn4)no3)o2)n1C. The lowest BCUT2D eigenvalue weighted by molar-refractivity contribution is 0.374. The molecule has 4 rings (SSSR count). The number of nitrogens with zero attached hydrogens (tertiary/aromatic N) is 6. The maximum atomic E-state index is 5.71. The summed E-state index contributed by atoms with van der Waals surface area (Å²) in [7, 11) is 1.97. The Kier molecular flexibility index (Phi) is 4.75. The fourth-order valence-electron chi connectivity index (χ4n) is 2.60. The molecule has 9 nitrogen and oxygen atoms in total. The van der Waals surface area contributed by atoms with E-state index in [0.717, 1.165) is 11.4 Å². The number of hydrogen-bond acceptors (Lipinski definition) is 8. The average Bonchev–Trinajstić information content (AvgIpc) is 3.42. The minimum absolute atomic E-state index is 0.470. The van der Waals surface area contributed by atoms with Crippen LogP contribution in [0.25, 0.3) is 23.1 Å². The van der Waals surface area contributed by atoms with Gasteiger partial charge in [-0.2, -0.15) is 4.98 Å². The van der Waals surface area contributed by atoms with Crippen molar-refractivity contribution in [3.63, 3.8) is 0 Å². The Balaban J connectivity index is 1.29. The predicted octanol–water partition coefficient (Wildman–Crippen LogP) is 2.16. The van der Waals surface area contributed by atoms with Gasteiger partial charge in [-0.3, -0.25) is 4.98 Å². The van der Waals surface area contributed by atoms with Gasteiger partial charge in [0.25, 0.3) is 5.89 Å². The van der Waals surface area contributed by atoms with Crippen LogP contribution in [0.15, 0.2) is 45.5 Å². The van der Waals surface area contributed by atoms with Crippen molar-refractivity contribution in [2.24, 2.45) is 7.05 Å². The van der Waals surface area contributed by atoms with Crippen LogP contribution in [0.5, 0.6) is 0 Å². The molecule has 0 atom stereocenters. The van der Waals surface area contributed by atoms with Gasteiger partial charge in [-0.15, -0.1) is 10.2 Å². The maximum Gasteiger partial charge on any atom is 0.264 e. The number of rotatable bonds is 7. The van der Waals surface area contributed by atoms with Gasteiger partial charge < -0.3 is 18.8 Å². The Morgan fingerprint density at radius 1 is 1.11 bits per heavy atom. The molecule has 0 aliphatic carbocycles. The van der Waals surface area contributed by atoms with Gasteiger partial charge >= 0.3 is 0 Å². The van der Waals surface area contributed by atoms with E-state index in [4.69, 9.17) is 8.94 Å². The van der Waals surface area contributed by atoms with Crippen molar-refractivity contribution in [3.05, 3.63) is 54.0 Å². The molecule has 4 aromatic heterocycles. The van der Waals surface area contributed by atoms with E-state index in [1.807, 2.05) is 48.9 Å². The lowest BCUT2D eigenvalue weighted by Gasteiger charge is -2.00. The Morgan fingerprint density at radius 2 is 2.04 bits per heavy atom. The van der Waals surface area contributed by atoms with Gasteiger partial charge in [0.1, 0.15) is 11.4 Å². The van der Waals surface area contributed by atoms with Crippen LogP contribution < -0.4 is 5.32 Å². The highest BCUT2D eigenvalue weighted by atomic mass is 16.5. The van der Waals surface area contributed by atoms with Crippen LogP contribution in [-0.2, 0) is 20.0 Å². The zero-order chi connectivity index (χ0) is 18.6. The van der Waals surface area contributed by atoms with E-state index in [1.54, 1.807) is 6.20 Å². The molecule has 0 amide bonds. The van der Waals surface area contributed by atoms with Gasteiger partial charge in [0.05, 0.1) is 6.54 Å². The lowest BCUT2D eigenvalue weighted by atomic mass is 10.3. The van der Waals surface area contributed by atoms with Crippen molar-refractivity contribution in [2.75, 3.05) is 6.54 Å². The lowest BCUT2D eigenvalue weighted by Crippen LogP contribution is -2.17. The van der Waals surface area contributed by atoms with E-state index in [9.17, 15) is 0 Å². The molecule has 0 unspecified atom stereocenters. The van der Waals surface area contributed by atoms with Crippen molar-refractivity contribution in [2.45, 2.75) is 19.9 Å². The minimum Gasteiger partial charge on any atom is -0.418 e. The summed E-state index contributed by atoms with van der Waals surface area (Å²) >= 11 is 0. The first-order chi connectivity index (χ1) is 13.2. The third-order valence-electron chi connectivity index (χ3n) is 4.21. The smallest absolute Gasteiger partial charge is 0.264 e. The summed E-state index contributed by atoms with van der Waals surface area (Å²) in [5, 5.41) is 15.4. The van der Waals surface area contributed by atoms with E-state index < -0.39 is 0 Å². The van der Waals surface area contributed by atoms with Gasteiger partial charge in [0, 0.05) is 31.9 Å². The van der Waals surface area contributed by atoms with E-state index >= 15 is 0 Å². The highest BCUT2D eigenvalue weighted by molar-refractivity contribution is 5.49. The van der Waals surface area contributed by atoms with Crippen LogP contribution in [0.1, 0.15) is 17.5 Å². The van der Waals surface area contributed by atoms with Crippen LogP contribution in [0.2, 0.25) is 0 Å². The van der Waals surface area contributed by atoms with Gasteiger partial charge in [0.15, 0.2) is 0 Å². The monoisotopic (exact) mass is 365 g/mol. The number of pyridine rings is 1. The van der Waals surface area contributed by atoms with Gasteiger partial charge in [-0.25, -0.2) is 0 Å². The predicted molar refractivity (Wildman–Crippen MR) is 96.4 cm³/mol. The van der Waals surface area contributed by atoms with Crippen LogP contribution in [0, 0.1) is 6.92 Å². The molecule has 27 heavy (non-hydrogen) atoms. The summed E-state index contributed by atoms with van der Waals surface area (Å²) in [5.74, 6) is 2.08. The van der Waals surface area contributed by atoms with Crippen molar-refractivity contribution < 1.29 is 8.94 Å². The molecule has 0 aromatic carbocycles. The summed E-state index contributed by atoms with van der Waals surface area (Å²) in [6, 6.07) is 9.55. The van der Waals surface area contributed by atoms with E-state index in [2.05, 4.69) is 30.6 Å². The molecule has 0 saturated carbocycles. The molecule has 4 aromatic rings. The third-order valence-corrected chi connectivity index (χ3v) is 4.21. The topological polar surface area (TPSA) is 108 Å². The zero-order valence-electron chi connectivity index (χ0n) is 15.1. The van der Waals surface area contributed by atoms with E-state index in [1.165, 1.54) is 0 Å². The third kappa shape index (κ3) is 3.77. The van der Waals surface area contributed by atoms with Crippen molar-refractivity contribution >= 4 is 0 Å². The number of aryl methyl sites for hydroxylation is 1. The molecular formula is C18H19N7O2. The summed E-state index contributed by atoms with van der Waals surface area (Å²) in [5.41, 5.74) is 2.72. The Bertz CT molecular complexity index is 1020. The van der Waals surface area contributed by atoms with Crippen LogP contribution in [0.4, 0.5) is 0 Å². The molecule has 4 heterocycles. The highest BCUT2D eigenvalue weighted by Crippen LogP contribution is 2.19. The second kappa shape index (κ2) is 7.50. The minimum atomic E-state index is 0.470. The maximum absolute atomic E-state index is 5.71. The van der Waals surface area contributed by atoms with Gasteiger partial charge in [-0.1, -0.05) is 11.2 Å². The normalized spacial score (nSPS) is 11.2. The Hall–Kier alpha value is -3.33. The van der Waals surface area contributed by atoms with E-state index in [-0.39, 0.29) is 0 Å². The molecule has 0 saturated heterocycles. The van der Waals surface area contributed by atoms with Gasteiger partial charge in [0.2, 0.25) is 17.6 Å². The number of nitrogens with one attached hydrogen (secondary N) is 1. The number of hydrogen-bond donors (Lipinski definition) is 1. The standard InChI is InChI=1S/C18H19N7O2/c1-12-6-7-14(25(12)2)18-23-22-16(26-18)11-19-10-8-15-21-17(24-27-15)13-5-3-4-9-20-13/h3-7,9,19H,8,10-11H2,1-2H3. The van der Waals surface area contributed by atoms with Crippen LogP contribution in [-0.4, -0.2) is 36.4 Å². The molecule has 9 heteroatoms. The zero-order valence-corrected chi connectivity index (χ0v) is 15.1. The molecule has 0 aliphatic rings. The number of aromatic nitrogens is 6. The first kappa shape index (κ1) is 17.1. The second-order valence-electron chi connectivity index (χ2n) is 6.07. The molecule has 0 radical (unpaired) electrons. The fourth-order valence-corrected chi connectivity index (χ4v) is 2.60. The molecule has 0 spiro atoms. The highest BCUT2D eigenvalue weighted by Gasteiger charge is 2.13. The largest absolute Gasteiger partial charge is 0.418 e. The molecule has 1 N–H and O–H groups in total. The Labute approximate surface area is 155 Å².